The molecule has 0 saturated heterocycles. The second-order valence-corrected chi connectivity index (χ2v) is 5.10. The number of fused-ring (bicyclic) bond motifs is 1. The van der Waals surface area contributed by atoms with Gasteiger partial charge >= 0.3 is 5.97 Å². The summed E-state index contributed by atoms with van der Waals surface area (Å²) >= 11 is 0. The van der Waals surface area contributed by atoms with Crippen molar-refractivity contribution in [2.45, 2.75) is 25.4 Å². The van der Waals surface area contributed by atoms with E-state index in [0.717, 1.165) is 11.3 Å². The average molecular weight is 284 g/mol. The van der Waals surface area contributed by atoms with E-state index in [9.17, 15) is 4.79 Å². The Morgan fingerprint density at radius 3 is 2.33 bits per heavy atom. The molecule has 1 aliphatic rings. The van der Waals surface area contributed by atoms with Crippen molar-refractivity contribution in [3.05, 3.63) is 65.7 Å². The normalized spacial score (nSPS) is 17.0. The molecule has 2 aromatic rings. The molecule has 1 unspecified atom stereocenters. The van der Waals surface area contributed by atoms with Crippen LogP contribution in [0.25, 0.3) is 0 Å². The number of hydrogen-bond donors (Lipinski definition) is 3. The Labute approximate surface area is 124 Å². The molecule has 0 aliphatic carbocycles. The van der Waals surface area contributed by atoms with E-state index >= 15 is 0 Å². The first kappa shape index (κ1) is 15.1. The number of aliphatic carboxylic acids is 1. The smallest absolute Gasteiger partial charge is 0.326 e. The molecule has 4 heteroatoms. The van der Waals surface area contributed by atoms with Gasteiger partial charge in [0.15, 0.2) is 0 Å². The summed E-state index contributed by atoms with van der Waals surface area (Å²) in [5.74, 6) is -0.786. The van der Waals surface area contributed by atoms with E-state index in [1.165, 1.54) is 5.56 Å². The zero-order valence-corrected chi connectivity index (χ0v) is 12.0. The van der Waals surface area contributed by atoms with E-state index in [2.05, 4.69) is 5.32 Å². The fourth-order valence-electron chi connectivity index (χ4n) is 2.20. The lowest BCUT2D eigenvalue weighted by Gasteiger charge is -2.02. The molecule has 0 fully saturated rings. The van der Waals surface area contributed by atoms with Gasteiger partial charge in [-0.15, -0.1) is 0 Å². The predicted octanol–water partition coefficient (Wildman–Crippen LogP) is 2.81. The summed E-state index contributed by atoms with van der Waals surface area (Å²) in [4.78, 5) is 10.6. The standard InChI is InChI=1S/C9H9NO2.C8H11N/c11-9(12)8-5-6-3-1-2-4-7(6)10-8;1-7(9)8-5-3-2-4-6-8/h1-4,8,10H,5H2,(H,11,12);2-7H,9H2,1H3/t;7-/m.1/s1. The number of carboxylic acid groups (broad SMARTS) is 1. The van der Waals surface area contributed by atoms with Crippen molar-refractivity contribution >= 4 is 11.7 Å². The summed E-state index contributed by atoms with van der Waals surface area (Å²) in [5, 5.41) is 11.7. The van der Waals surface area contributed by atoms with E-state index in [4.69, 9.17) is 10.8 Å². The monoisotopic (exact) mass is 284 g/mol. The fraction of sp³-hybridized carbons (Fsp3) is 0.235. The van der Waals surface area contributed by atoms with Gasteiger partial charge in [-0.2, -0.15) is 0 Å². The summed E-state index contributed by atoms with van der Waals surface area (Å²) in [6.07, 6.45) is 0.589. The minimum Gasteiger partial charge on any atom is -0.480 e. The van der Waals surface area contributed by atoms with Gasteiger partial charge in [0.2, 0.25) is 0 Å². The highest BCUT2D eigenvalue weighted by atomic mass is 16.4. The van der Waals surface area contributed by atoms with Crippen LogP contribution in [0.3, 0.4) is 0 Å². The van der Waals surface area contributed by atoms with Crippen LogP contribution in [0.1, 0.15) is 24.1 Å². The Kier molecular flexibility index (Phi) is 4.95. The van der Waals surface area contributed by atoms with Crippen LogP contribution in [0, 0.1) is 0 Å². The molecule has 4 N–H and O–H groups in total. The third-order valence-electron chi connectivity index (χ3n) is 3.39. The van der Waals surface area contributed by atoms with Gasteiger partial charge in [0.25, 0.3) is 0 Å². The third kappa shape index (κ3) is 4.07. The first-order chi connectivity index (χ1) is 10.1. The van der Waals surface area contributed by atoms with Gasteiger partial charge in [0.1, 0.15) is 6.04 Å². The van der Waals surface area contributed by atoms with Crippen LogP contribution in [0.5, 0.6) is 0 Å². The highest BCUT2D eigenvalue weighted by Gasteiger charge is 2.25. The van der Waals surface area contributed by atoms with Crippen LogP contribution in [0.2, 0.25) is 0 Å². The molecule has 0 bridgehead atoms. The SMILES string of the molecule is C[C@@H](N)c1ccccc1.O=C(O)C1Cc2ccccc2N1. The zero-order valence-electron chi connectivity index (χ0n) is 12.0. The molecular weight excluding hydrogens is 264 g/mol. The Hall–Kier alpha value is -2.33. The van der Waals surface area contributed by atoms with Crippen molar-refractivity contribution in [2.75, 3.05) is 5.32 Å². The molecule has 2 atom stereocenters. The Bertz CT molecular complexity index is 572. The first-order valence-corrected chi connectivity index (χ1v) is 6.95. The van der Waals surface area contributed by atoms with Gasteiger partial charge in [-0.25, -0.2) is 4.79 Å². The molecule has 2 aromatic carbocycles. The lowest BCUT2D eigenvalue weighted by Crippen LogP contribution is -2.26. The largest absolute Gasteiger partial charge is 0.480 e. The lowest BCUT2D eigenvalue weighted by atomic mass is 10.1. The lowest BCUT2D eigenvalue weighted by molar-refractivity contribution is -0.137. The summed E-state index contributed by atoms with van der Waals surface area (Å²) in [7, 11) is 0. The average Bonchev–Trinajstić information content (AvgIpc) is 2.93. The molecule has 21 heavy (non-hydrogen) atoms. The van der Waals surface area contributed by atoms with Crippen LogP contribution in [0.4, 0.5) is 5.69 Å². The number of benzene rings is 2. The van der Waals surface area contributed by atoms with Crippen molar-refractivity contribution < 1.29 is 9.90 Å². The van der Waals surface area contributed by atoms with Gasteiger partial charge in [0.05, 0.1) is 0 Å². The van der Waals surface area contributed by atoms with Gasteiger partial charge in [0, 0.05) is 18.2 Å². The second-order valence-electron chi connectivity index (χ2n) is 5.10. The van der Waals surface area contributed by atoms with Crippen LogP contribution in [-0.4, -0.2) is 17.1 Å². The Balaban J connectivity index is 0.000000161. The highest BCUT2D eigenvalue weighted by Crippen LogP contribution is 2.24. The van der Waals surface area contributed by atoms with Crippen molar-refractivity contribution in [3.8, 4) is 0 Å². The number of carbonyl (C=O) groups is 1. The predicted molar refractivity (Wildman–Crippen MR) is 84.2 cm³/mol. The molecular formula is C17H20N2O2. The molecule has 3 rings (SSSR count). The molecule has 0 amide bonds. The molecule has 0 saturated carbocycles. The molecule has 0 aromatic heterocycles. The molecule has 0 radical (unpaired) electrons. The highest BCUT2D eigenvalue weighted by molar-refractivity contribution is 5.81. The Morgan fingerprint density at radius 2 is 1.81 bits per heavy atom. The van der Waals surface area contributed by atoms with Crippen LogP contribution in [0.15, 0.2) is 54.6 Å². The maximum atomic E-state index is 10.6. The minimum atomic E-state index is -0.786. The second kappa shape index (κ2) is 6.90. The maximum absolute atomic E-state index is 10.6. The van der Waals surface area contributed by atoms with Crippen molar-refractivity contribution in [1.29, 1.82) is 0 Å². The maximum Gasteiger partial charge on any atom is 0.326 e. The van der Waals surface area contributed by atoms with E-state index in [1.54, 1.807) is 0 Å². The molecule has 4 nitrogen and oxygen atoms in total. The minimum absolute atomic E-state index is 0.159. The number of para-hydroxylation sites is 1. The molecule has 1 aliphatic heterocycles. The van der Waals surface area contributed by atoms with Crippen LogP contribution >= 0.6 is 0 Å². The van der Waals surface area contributed by atoms with Crippen LogP contribution < -0.4 is 11.1 Å². The zero-order chi connectivity index (χ0) is 15.2. The van der Waals surface area contributed by atoms with Gasteiger partial charge in [-0.1, -0.05) is 48.5 Å². The molecule has 110 valence electrons. The number of hydrogen-bond acceptors (Lipinski definition) is 3. The molecule has 1 heterocycles. The summed E-state index contributed by atoms with van der Waals surface area (Å²) in [5.41, 5.74) is 8.84. The van der Waals surface area contributed by atoms with Gasteiger partial charge < -0.3 is 16.2 Å². The van der Waals surface area contributed by atoms with Gasteiger partial charge in [-0.05, 0) is 24.1 Å². The number of nitrogens with one attached hydrogen (secondary N) is 1. The summed E-state index contributed by atoms with van der Waals surface area (Å²) < 4.78 is 0. The number of carboxylic acids is 1. The van der Waals surface area contributed by atoms with Crippen molar-refractivity contribution in [2.24, 2.45) is 5.73 Å². The fourth-order valence-corrected chi connectivity index (χ4v) is 2.20. The van der Waals surface area contributed by atoms with Crippen molar-refractivity contribution in [1.82, 2.24) is 0 Å². The van der Waals surface area contributed by atoms with Crippen molar-refractivity contribution in [3.63, 3.8) is 0 Å². The summed E-state index contributed by atoms with van der Waals surface area (Å²) in [6, 6.07) is 17.4. The number of anilines is 1. The Morgan fingerprint density at radius 1 is 1.19 bits per heavy atom. The van der Waals surface area contributed by atoms with Gasteiger partial charge in [-0.3, -0.25) is 0 Å². The third-order valence-corrected chi connectivity index (χ3v) is 3.39. The van der Waals surface area contributed by atoms with E-state index in [0.29, 0.717) is 6.42 Å². The summed E-state index contributed by atoms with van der Waals surface area (Å²) in [6.45, 7) is 1.98. The van der Waals surface area contributed by atoms with E-state index < -0.39 is 12.0 Å². The quantitative estimate of drug-likeness (QED) is 0.792. The first-order valence-electron chi connectivity index (χ1n) is 6.95. The number of rotatable bonds is 2. The van der Waals surface area contributed by atoms with E-state index in [-0.39, 0.29) is 6.04 Å². The number of nitrogens with two attached hydrogens (primary N) is 1. The topological polar surface area (TPSA) is 75.4 Å². The van der Waals surface area contributed by atoms with Crippen LogP contribution in [-0.2, 0) is 11.2 Å². The molecule has 0 spiro atoms. The van der Waals surface area contributed by atoms with E-state index in [1.807, 2.05) is 61.5 Å².